The molecule has 1 heterocycles. The molecular weight excluding hydrogens is 296 g/mol. The molecule has 0 unspecified atom stereocenters. The number of para-hydroxylation sites is 1. The highest BCUT2D eigenvalue weighted by Crippen LogP contribution is 2.26. The molecule has 23 heavy (non-hydrogen) atoms. The molecule has 0 radical (unpaired) electrons. The van der Waals surface area contributed by atoms with E-state index in [-0.39, 0.29) is 5.91 Å². The Kier molecular flexibility index (Phi) is 4.18. The van der Waals surface area contributed by atoms with Gasteiger partial charge in [-0.05, 0) is 25.0 Å². The molecule has 0 saturated heterocycles. The number of nitrogens with one attached hydrogen (secondary N) is 2. The van der Waals surface area contributed by atoms with E-state index in [2.05, 4.69) is 20.8 Å². The SMILES string of the molecule is O=C(O)[C@@H]1CC=CC[C@H]1C(=O)NNc1ncnc2ccccc12. The van der Waals surface area contributed by atoms with Crippen LogP contribution in [0.4, 0.5) is 5.82 Å². The van der Waals surface area contributed by atoms with Crippen molar-refractivity contribution in [3.8, 4) is 0 Å². The first-order chi connectivity index (χ1) is 11.2. The summed E-state index contributed by atoms with van der Waals surface area (Å²) in [6, 6.07) is 7.40. The van der Waals surface area contributed by atoms with Crippen LogP contribution < -0.4 is 10.9 Å². The van der Waals surface area contributed by atoms with Gasteiger partial charge in [-0.15, -0.1) is 0 Å². The zero-order valence-electron chi connectivity index (χ0n) is 12.3. The van der Waals surface area contributed by atoms with Crippen LogP contribution in [0.25, 0.3) is 10.9 Å². The van der Waals surface area contributed by atoms with E-state index in [1.54, 1.807) is 6.08 Å². The monoisotopic (exact) mass is 312 g/mol. The van der Waals surface area contributed by atoms with Crippen molar-refractivity contribution in [1.29, 1.82) is 0 Å². The van der Waals surface area contributed by atoms with E-state index in [1.807, 2.05) is 30.3 Å². The molecule has 2 aromatic rings. The highest BCUT2D eigenvalue weighted by molar-refractivity contribution is 5.90. The topological polar surface area (TPSA) is 104 Å². The summed E-state index contributed by atoms with van der Waals surface area (Å²) in [6.07, 6.45) is 5.82. The lowest BCUT2D eigenvalue weighted by Gasteiger charge is -2.24. The van der Waals surface area contributed by atoms with Crippen LogP contribution in [0.5, 0.6) is 0 Å². The van der Waals surface area contributed by atoms with Gasteiger partial charge in [0.05, 0.1) is 17.4 Å². The number of hydrogen-bond donors (Lipinski definition) is 3. The van der Waals surface area contributed by atoms with Crippen LogP contribution in [0.15, 0.2) is 42.7 Å². The van der Waals surface area contributed by atoms with Crippen LogP contribution in [-0.4, -0.2) is 27.0 Å². The van der Waals surface area contributed by atoms with Gasteiger partial charge < -0.3 is 5.11 Å². The van der Waals surface area contributed by atoms with Crippen LogP contribution >= 0.6 is 0 Å². The number of anilines is 1. The predicted molar refractivity (Wildman–Crippen MR) is 84.3 cm³/mol. The Morgan fingerprint density at radius 1 is 1.09 bits per heavy atom. The van der Waals surface area contributed by atoms with Crippen molar-refractivity contribution < 1.29 is 14.7 Å². The van der Waals surface area contributed by atoms with Crippen molar-refractivity contribution in [2.75, 3.05) is 5.43 Å². The van der Waals surface area contributed by atoms with Crippen molar-refractivity contribution in [2.24, 2.45) is 11.8 Å². The lowest BCUT2D eigenvalue weighted by molar-refractivity contribution is -0.147. The van der Waals surface area contributed by atoms with Gasteiger partial charge in [-0.25, -0.2) is 9.97 Å². The Morgan fingerprint density at radius 3 is 2.61 bits per heavy atom. The molecule has 1 aliphatic carbocycles. The quantitative estimate of drug-likeness (QED) is 0.587. The second kappa shape index (κ2) is 6.43. The number of fused-ring (bicyclic) bond motifs is 1. The van der Waals surface area contributed by atoms with E-state index in [4.69, 9.17) is 0 Å². The number of carbonyl (C=O) groups excluding carboxylic acids is 1. The molecule has 1 aromatic carbocycles. The summed E-state index contributed by atoms with van der Waals surface area (Å²) in [5.41, 5.74) is 6.10. The maximum Gasteiger partial charge on any atom is 0.307 e. The molecule has 0 bridgehead atoms. The average Bonchev–Trinajstić information content (AvgIpc) is 2.59. The van der Waals surface area contributed by atoms with Gasteiger partial charge in [0.25, 0.3) is 0 Å². The molecule has 1 amide bonds. The summed E-state index contributed by atoms with van der Waals surface area (Å²) in [7, 11) is 0. The number of benzene rings is 1. The zero-order valence-corrected chi connectivity index (χ0v) is 12.3. The molecular formula is C16H16N4O3. The molecule has 3 N–H and O–H groups in total. The summed E-state index contributed by atoms with van der Waals surface area (Å²) in [5, 5.41) is 10.0. The van der Waals surface area contributed by atoms with E-state index in [9.17, 15) is 14.7 Å². The smallest absolute Gasteiger partial charge is 0.307 e. The highest BCUT2D eigenvalue weighted by Gasteiger charge is 2.33. The third kappa shape index (κ3) is 3.13. The normalized spacial score (nSPS) is 20.2. The Hall–Kier alpha value is -2.96. The van der Waals surface area contributed by atoms with E-state index in [0.717, 1.165) is 10.9 Å². The maximum absolute atomic E-state index is 12.3. The van der Waals surface area contributed by atoms with Gasteiger partial charge in [0.2, 0.25) is 5.91 Å². The second-order valence-electron chi connectivity index (χ2n) is 5.35. The third-order valence-corrected chi connectivity index (χ3v) is 3.93. The van der Waals surface area contributed by atoms with E-state index in [0.29, 0.717) is 18.7 Å². The number of amides is 1. The van der Waals surface area contributed by atoms with Crippen molar-refractivity contribution in [1.82, 2.24) is 15.4 Å². The standard InChI is InChI=1S/C16H16N4O3/c21-15(10-5-1-2-6-11(10)16(22)23)20-19-14-12-7-3-4-8-13(12)17-9-18-14/h1-4,7-11H,5-6H2,(H,20,21)(H,22,23)(H,17,18,19)/t10-,11-/m1/s1. The summed E-state index contributed by atoms with van der Waals surface area (Å²) < 4.78 is 0. The van der Waals surface area contributed by atoms with Crippen LogP contribution in [0.2, 0.25) is 0 Å². The first-order valence-corrected chi connectivity index (χ1v) is 7.30. The minimum absolute atomic E-state index is 0.357. The number of carbonyl (C=O) groups is 2. The maximum atomic E-state index is 12.3. The van der Waals surface area contributed by atoms with Gasteiger partial charge in [0.15, 0.2) is 5.82 Å². The minimum Gasteiger partial charge on any atom is -0.481 e. The van der Waals surface area contributed by atoms with Crippen LogP contribution in [0.3, 0.4) is 0 Å². The zero-order chi connectivity index (χ0) is 16.2. The molecule has 118 valence electrons. The molecule has 7 heteroatoms. The van der Waals surface area contributed by atoms with E-state index in [1.165, 1.54) is 6.33 Å². The molecule has 0 fully saturated rings. The average molecular weight is 312 g/mol. The molecule has 0 saturated carbocycles. The Bertz CT molecular complexity index is 770. The summed E-state index contributed by atoms with van der Waals surface area (Å²) in [6.45, 7) is 0. The van der Waals surface area contributed by atoms with Crippen LogP contribution in [0.1, 0.15) is 12.8 Å². The van der Waals surface area contributed by atoms with Crippen molar-refractivity contribution in [2.45, 2.75) is 12.8 Å². The van der Waals surface area contributed by atoms with Gasteiger partial charge in [-0.2, -0.15) is 0 Å². The molecule has 1 aromatic heterocycles. The fraction of sp³-hybridized carbons (Fsp3) is 0.250. The third-order valence-electron chi connectivity index (χ3n) is 3.93. The van der Waals surface area contributed by atoms with Gasteiger partial charge >= 0.3 is 5.97 Å². The fourth-order valence-corrected chi connectivity index (χ4v) is 2.69. The number of carboxylic acid groups (broad SMARTS) is 1. The van der Waals surface area contributed by atoms with Crippen molar-refractivity contribution in [3.63, 3.8) is 0 Å². The summed E-state index contributed by atoms with van der Waals surface area (Å²) >= 11 is 0. The molecule has 3 rings (SSSR count). The van der Waals surface area contributed by atoms with Crippen LogP contribution in [0, 0.1) is 11.8 Å². The molecule has 2 atom stereocenters. The van der Waals surface area contributed by atoms with E-state index >= 15 is 0 Å². The minimum atomic E-state index is -0.956. The lowest BCUT2D eigenvalue weighted by Crippen LogP contribution is -2.41. The first kappa shape index (κ1) is 15.0. The van der Waals surface area contributed by atoms with Crippen LogP contribution in [-0.2, 0) is 9.59 Å². The number of nitrogens with zero attached hydrogens (tertiary/aromatic N) is 2. The number of hydrazine groups is 1. The number of aromatic nitrogens is 2. The number of allylic oxidation sites excluding steroid dienone is 2. The van der Waals surface area contributed by atoms with Gasteiger partial charge in [0, 0.05) is 5.39 Å². The molecule has 0 aliphatic heterocycles. The Morgan fingerprint density at radius 2 is 1.83 bits per heavy atom. The largest absolute Gasteiger partial charge is 0.481 e. The lowest BCUT2D eigenvalue weighted by atomic mass is 9.82. The predicted octanol–water partition coefficient (Wildman–Crippen LogP) is 1.74. The molecule has 0 spiro atoms. The fourth-order valence-electron chi connectivity index (χ4n) is 2.69. The van der Waals surface area contributed by atoms with E-state index < -0.39 is 17.8 Å². The van der Waals surface area contributed by atoms with Crippen molar-refractivity contribution in [3.05, 3.63) is 42.7 Å². The highest BCUT2D eigenvalue weighted by atomic mass is 16.4. The summed E-state index contributed by atoms with van der Waals surface area (Å²) in [4.78, 5) is 31.8. The first-order valence-electron chi connectivity index (χ1n) is 7.30. The van der Waals surface area contributed by atoms with Gasteiger partial charge in [0.1, 0.15) is 6.33 Å². The number of aliphatic carboxylic acids is 1. The van der Waals surface area contributed by atoms with Gasteiger partial charge in [-0.3, -0.25) is 20.4 Å². The Labute approximate surface area is 132 Å². The number of carboxylic acids is 1. The summed E-state index contributed by atoms with van der Waals surface area (Å²) in [5.74, 6) is -2.14. The second-order valence-corrected chi connectivity index (χ2v) is 5.35. The Balaban J connectivity index is 1.73. The molecule has 1 aliphatic rings. The number of hydrogen-bond acceptors (Lipinski definition) is 5. The number of rotatable bonds is 4. The van der Waals surface area contributed by atoms with Gasteiger partial charge in [-0.1, -0.05) is 24.3 Å². The molecule has 7 nitrogen and oxygen atoms in total. The van der Waals surface area contributed by atoms with Crippen molar-refractivity contribution >= 4 is 28.6 Å².